The summed E-state index contributed by atoms with van der Waals surface area (Å²) in [4.78, 5) is 47.4. The first kappa shape index (κ1) is 31.2. The van der Waals surface area contributed by atoms with Crippen molar-refractivity contribution >= 4 is 92.8 Å². The average molecular weight is 659 g/mol. The van der Waals surface area contributed by atoms with Gasteiger partial charge in [-0.2, -0.15) is 0 Å². The minimum Gasteiger partial charge on any atom is -0.444 e. The zero-order valence-electron chi connectivity index (χ0n) is 22.4. The molecule has 0 aliphatic carbocycles. The van der Waals surface area contributed by atoms with Crippen molar-refractivity contribution < 1.29 is 19.1 Å². The Hall–Kier alpha value is -2.76. The van der Waals surface area contributed by atoms with Crippen LogP contribution in [0.1, 0.15) is 46.4 Å². The summed E-state index contributed by atoms with van der Waals surface area (Å²) >= 11 is 25.9. The number of nitrogens with zero attached hydrogens (tertiary/aromatic N) is 3. The van der Waals surface area contributed by atoms with Crippen LogP contribution in [-0.2, 0) is 10.6 Å². The number of pyridine rings is 1. The van der Waals surface area contributed by atoms with Crippen LogP contribution in [-0.4, -0.2) is 59.6 Å². The number of carbonyl (C=O) groups excluding carboxylic acids is 3. The smallest absolute Gasteiger partial charge is 0.410 e. The van der Waals surface area contributed by atoms with E-state index in [1.165, 1.54) is 12.3 Å². The maximum Gasteiger partial charge on any atom is 0.410 e. The van der Waals surface area contributed by atoms with E-state index in [4.69, 9.17) is 51.1 Å². The molecule has 1 aliphatic heterocycles. The van der Waals surface area contributed by atoms with E-state index in [0.717, 1.165) is 11.3 Å². The molecule has 1 aliphatic rings. The Morgan fingerprint density at radius 2 is 1.71 bits per heavy atom. The molecule has 2 N–H and O–H groups in total. The molecule has 14 heteroatoms. The van der Waals surface area contributed by atoms with Gasteiger partial charge in [-0.3, -0.25) is 9.59 Å². The van der Waals surface area contributed by atoms with Crippen molar-refractivity contribution in [1.82, 2.24) is 9.88 Å². The molecule has 0 radical (unpaired) electrons. The van der Waals surface area contributed by atoms with Crippen molar-refractivity contribution in [3.05, 3.63) is 66.9 Å². The highest BCUT2D eigenvalue weighted by Crippen LogP contribution is 2.37. The molecule has 218 valence electrons. The van der Waals surface area contributed by atoms with E-state index in [-0.39, 0.29) is 37.9 Å². The number of nitrogens with one attached hydrogen (secondary N) is 2. The Bertz CT molecular complexity index is 1450. The summed E-state index contributed by atoms with van der Waals surface area (Å²) in [5.74, 6) is -0.647. The normalized spacial score (nSPS) is 13.6. The third kappa shape index (κ3) is 7.75. The first-order valence-corrected chi connectivity index (χ1v) is 15.0. The number of amides is 3. The van der Waals surface area contributed by atoms with Crippen molar-refractivity contribution in [1.29, 1.82) is 0 Å². The number of alkyl halides is 1. The number of anilines is 3. The summed E-state index contributed by atoms with van der Waals surface area (Å²) in [6.45, 7) is 6.96. The van der Waals surface area contributed by atoms with Crippen molar-refractivity contribution in [2.75, 3.05) is 41.7 Å². The molecule has 0 spiro atoms. The Labute approximate surface area is 261 Å². The monoisotopic (exact) mass is 657 g/mol. The Morgan fingerprint density at radius 3 is 2.29 bits per heavy atom. The van der Waals surface area contributed by atoms with Gasteiger partial charge in [0, 0.05) is 43.3 Å². The molecule has 1 aromatic carbocycles. The number of rotatable bonds is 6. The van der Waals surface area contributed by atoms with Crippen LogP contribution in [0, 0.1) is 0 Å². The summed E-state index contributed by atoms with van der Waals surface area (Å²) in [6.07, 6.45) is 0.996. The van der Waals surface area contributed by atoms with Gasteiger partial charge in [0.25, 0.3) is 11.8 Å². The minimum atomic E-state index is -0.619. The lowest BCUT2D eigenvalue weighted by Gasteiger charge is -2.37. The summed E-state index contributed by atoms with van der Waals surface area (Å²) < 4.78 is 5.50. The molecular formula is C27H27Cl4N5O4S. The van der Waals surface area contributed by atoms with Crippen molar-refractivity contribution in [2.45, 2.75) is 32.3 Å². The van der Waals surface area contributed by atoms with E-state index in [1.54, 1.807) is 28.5 Å². The van der Waals surface area contributed by atoms with Gasteiger partial charge in [0.2, 0.25) is 0 Å². The van der Waals surface area contributed by atoms with E-state index in [2.05, 4.69) is 15.6 Å². The lowest BCUT2D eigenvalue weighted by molar-refractivity contribution is 0.0240. The number of ether oxygens (including phenoxy) is 1. The van der Waals surface area contributed by atoms with Gasteiger partial charge in [-0.25, -0.2) is 9.78 Å². The summed E-state index contributed by atoms with van der Waals surface area (Å²) in [7, 11) is 0. The van der Waals surface area contributed by atoms with E-state index >= 15 is 0 Å². The van der Waals surface area contributed by atoms with Crippen LogP contribution in [0.4, 0.5) is 22.0 Å². The number of piperazine rings is 1. The van der Waals surface area contributed by atoms with Crippen LogP contribution >= 0.6 is 57.7 Å². The predicted octanol–water partition coefficient (Wildman–Crippen LogP) is 7.40. The second-order valence-corrected chi connectivity index (χ2v) is 12.5. The lowest BCUT2D eigenvalue weighted by atomic mass is 10.1. The molecule has 0 saturated carbocycles. The highest BCUT2D eigenvalue weighted by atomic mass is 35.5. The van der Waals surface area contributed by atoms with Gasteiger partial charge < -0.3 is 25.2 Å². The number of benzene rings is 1. The molecule has 3 heterocycles. The van der Waals surface area contributed by atoms with Crippen molar-refractivity contribution in [2.24, 2.45) is 0 Å². The average Bonchev–Trinajstić information content (AvgIpc) is 3.30. The maximum atomic E-state index is 13.5. The van der Waals surface area contributed by atoms with E-state index in [1.807, 2.05) is 25.7 Å². The van der Waals surface area contributed by atoms with E-state index in [9.17, 15) is 14.4 Å². The number of thiophene rings is 1. The molecule has 1 fully saturated rings. The quantitative estimate of drug-likeness (QED) is 0.268. The largest absolute Gasteiger partial charge is 0.444 e. The van der Waals surface area contributed by atoms with Crippen LogP contribution in [0.5, 0.6) is 0 Å². The number of halogens is 4. The van der Waals surface area contributed by atoms with Gasteiger partial charge in [0.05, 0.1) is 27.0 Å². The highest BCUT2D eigenvalue weighted by Gasteiger charge is 2.29. The second-order valence-electron chi connectivity index (χ2n) is 10.1. The van der Waals surface area contributed by atoms with Crippen LogP contribution in [0.2, 0.25) is 15.1 Å². The van der Waals surface area contributed by atoms with Crippen LogP contribution in [0.25, 0.3) is 0 Å². The first-order chi connectivity index (χ1) is 19.4. The molecule has 3 aromatic rings. The third-order valence-corrected chi connectivity index (χ3v) is 8.26. The van der Waals surface area contributed by atoms with Crippen LogP contribution in [0.3, 0.4) is 0 Å². The molecule has 41 heavy (non-hydrogen) atoms. The SMILES string of the molecule is CC(C)(C)OC(=O)N1CCN(c2cc(Cl)cc(C(=O)Nc3ccc(Cl)cn3)c2NC(=O)c2scc(CCl)c2Cl)CC1. The molecule has 2 aromatic heterocycles. The first-order valence-electron chi connectivity index (χ1n) is 12.5. The number of carbonyl (C=O) groups is 3. The van der Waals surface area contributed by atoms with Gasteiger partial charge in [0.15, 0.2) is 0 Å². The number of hydrogen-bond donors (Lipinski definition) is 2. The minimum absolute atomic E-state index is 0.109. The standard InChI is InChI=1S/C27H27Cl4N5O4S/c1-27(2,3)40-26(39)36-8-6-35(7-9-36)19-11-17(30)10-18(24(37)33-20-5-4-16(29)13-32-20)22(19)34-25(38)23-21(31)15(12-28)14-41-23/h4-5,10-11,13-14H,6-9,12H2,1-3H3,(H,34,38)(H,32,33,37). The van der Waals surface area contributed by atoms with Gasteiger partial charge in [-0.05, 0) is 56.0 Å². The third-order valence-electron chi connectivity index (χ3n) is 5.96. The second kappa shape index (κ2) is 13.0. The fourth-order valence-electron chi connectivity index (χ4n) is 4.04. The summed E-state index contributed by atoms with van der Waals surface area (Å²) in [6, 6.07) is 6.27. The van der Waals surface area contributed by atoms with Gasteiger partial charge in [-0.15, -0.1) is 22.9 Å². The highest BCUT2D eigenvalue weighted by molar-refractivity contribution is 7.13. The van der Waals surface area contributed by atoms with E-state index in [0.29, 0.717) is 42.5 Å². The Kier molecular flexibility index (Phi) is 9.92. The Morgan fingerprint density at radius 1 is 1.00 bits per heavy atom. The Balaban J connectivity index is 1.67. The topological polar surface area (TPSA) is 104 Å². The van der Waals surface area contributed by atoms with Crippen LogP contribution in [0.15, 0.2) is 35.8 Å². The molecule has 0 atom stereocenters. The fourth-order valence-corrected chi connectivity index (χ4v) is 5.99. The number of hydrogen-bond acceptors (Lipinski definition) is 7. The predicted molar refractivity (Wildman–Crippen MR) is 166 cm³/mol. The van der Waals surface area contributed by atoms with Gasteiger partial charge in [-0.1, -0.05) is 34.8 Å². The van der Waals surface area contributed by atoms with Crippen molar-refractivity contribution in [3.8, 4) is 0 Å². The zero-order valence-corrected chi connectivity index (χ0v) is 26.2. The van der Waals surface area contributed by atoms with E-state index < -0.39 is 23.5 Å². The van der Waals surface area contributed by atoms with Crippen molar-refractivity contribution in [3.63, 3.8) is 0 Å². The zero-order chi connectivity index (χ0) is 29.9. The lowest BCUT2D eigenvalue weighted by Crippen LogP contribution is -2.50. The molecular weight excluding hydrogens is 632 g/mol. The summed E-state index contributed by atoms with van der Waals surface area (Å²) in [5, 5.41) is 8.24. The van der Waals surface area contributed by atoms with Gasteiger partial charge >= 0.3 is 6.09 Å². The van der Waals surface area contributed by atoms with Gasteiger partial charge in [0.1, 0.15) is 16.3 Å². The summed E-state index contributed by atoms with van der Waals surface area (Å²) in [5.41, 5.74) is 0.858. The molecule has 1 saturated heterocycles. The molecule has 9 nitrogen and oxygen atoms in total. The fraction of sp³-hybridized carbons (Fsp3) is 0.333. The molecule has 4 rings (SSSR count). The molecule has 0 bridgehead atoms. The maximum absolute atomic E-state index is 13.5. The van der Waals surface area contributed by atoms with Crippen LogP contribution < -0.4 is 15.5 Å². The number of aromatic nitrogens is 1. The molecule has 0 unspecified atom stereocenters. The molecule has 3 amide bonds.